The fraction of sp³-hybridized carbons (Fsp3) is 0.308. The molecule has 0 bridgehead atoms. The summed E-state index contributed by atoms with van der Waals surface area (Å²) < 4.78 is 13.2. The molecule has 0 spiro atoms. The summed E-state index contributed by atoms with van der Waals surface area (Å²) >= 11 is 0. The van der Waals surface area contributed by atoms with Crippen LogP contribution in [0.4, 0.5) is 4.39 Å². The van der Waals surface area contributed by atoms with Crippen LogP contribution >= 0.6 is 0 Å². The molecule has 3 heteroatoms. The van der Waals surface area contributed by atoms with Gasteiger partial charge < -0.3 is 5.73 Å². The van der Waals surface area contributed by atoms with E-state index in [0.29, 0.717) is 23.3 Å². The SMILES string of the molecule is CCC/C(C#N)=C(/N)c1cc(C)cc(F)c1. The number of halogens is 1. The van der Waals surface area contributed by atoms with Gasteiger partial charge in [-0.05, 0) is 37.1 Å². The molecule has 16 heavy (non-hydrogen) atoms. The highest BCUT2D eigenvalue weighted by Crippen LogP contribution is 2.19. The lowest BCUT2D eigenvalue weighted by atomic mass is 10.0. The first-order valence-electron chi connectivity index (χ1n) is 5.24. The molecule has 0 aliphatic heterocycles. The standard InChI is InChI=1S/C13H15FN2/c1-3-4-10(8-15)13(16)11-5-9(2)6-12(14)7-11/h5-7H,3-4,16H2,1-2H3/b13-10-. The van der Waals surface area contributed by atoms with Crippen molar-refractivity contribution in [2.45, 2.75) is 26.7 Å². The maximum Gasteiger partial charge on any atom is 0.124 e. The van der Waals surface area contributed by atoms with Gasteiger partial charge in [0, 0.05) is 5.56 Å². The number of benzene rings is 1. The summed E-state index contributed by atoms with van der Waals surface area (Å²) in [7, 11) is 0. The zero-order chi connectivity index (χ0) is 12.1. The molecule has 84 valence electrons. The zero-order valence-electron chi connectivity index (χ0n) is 9.55. The lowest BCUT2D eigenvalue weighted by Gasteiger charge is -2.06. The van der Waals surface area contributed by atoms with Gasteiger partial charge in [0.2, 0.25) is 0 Å². The van der Waals surface area contributed by atoms with Crippen molar-refractivity contribution < 1.29 is 4.39 Å². The Balaban J connectivity index is 3.22. The Morgan fingerprint density at radius 3 is 2.62 bits per heavy atom. The van der Waals surface area contributed by atoms with Crippen molar-refractivity contribution in [3.8, 4) is 6.07 Å². The lowest BCUT2D eigenvalue weighted by molar-refractivity contribution is 0.626. The molecule has 0 aliphatic carbocycles. The third kappa shape index (κ3) is 2.83. The molecule has 2 N–H and O–H groups in total. The van der Waals surface area contributed by atoms with Gasteiger partial charge in [-0.15, -0.1) is 0 Å². The lowest BCUT2D eigenvalue weighted by Crippen LogP contribution is -2.02. The number of hydrogen-bond donors (Lipinski definition) is 1. The van der Waals surface area contributed by atoms with Crippen LogP contribution in [0.1, 0.15) is 30.9 Å². The molecular formula is C13H15FN2. The predicted molar refractivity (Wildman–Crippen MR) is 62.8 cm³/mol. The summed E-state index contributed by atoms with van der Waals surface area (Å²) in [4.78, 5) is 0. The van der Waals surface area contributed by atoms with E-state index in [1.807, 2.05) is 6.92 Å². The third-order valence-corrected chi connectivity index (χ3v) is 2.31. The third-order valence-electron chi connectivity index (χ3n) is 2.31. The van der Waals surface area contributed by atoms with Crippen molar-refractivity contribution in [1.82, 2.24) is 0 Å². The number of rotatable bonds is 3. The summed E-state index contributed by atoms with van der Waals surface area (Å²) in [5, 5.41) is 8.95. The Morgan fingerprint density at radius 2 is 2.12 bits per heavy atom. The first-order valence-corrected chi connectivity index (χ1v) is 5.24. The van der Waals surface area contributed by atoms with Crippen molar-refractivity contribution in [2.75, 3.05) is 0 Å². The Morgan fingerprint density at radius 1 is 1.44 bits per heavy atom. The molecule has 1 aromatic carbocycles. The fourth-order valence-electron chi connectivity index (χ4n) is 1.57. The number of aryl methyl sites for hydroxylation is 1. The summed E-state index contributed by atoms with van der Waals surface area (Å²) in [6.45, 7) is 3.77. The summed E-state index contributed by atoms with van der Waals surface area (Å²) in [6, 6.07) is 6.65. The van der Waals surface area contributed by atoms with Gasteiger partial charge in [0.05, 0.1) is 17.3 Å². The topological polar surface area (TPSA) is 49.8 Å². The quantitative estimate of drug-likeness (QED) is 0.792. The van der Waals surface area contributed by atoms with Crippen molar-refractivity contribution in [1.29, 1.82) is 5.26 Å². The minimum absolute atomic E-state index is 0.327. The van der Waals surface area contributed by atoms with Crippen LogP contribution < -0.4 is 5.73 Å². The molecule has 0 aliphatic rings. The van der Waals surface area contributed by atoms with Crippen LogP contribution in [0.5, 0.6) is 0 Å². The van der Waals surface area contributed by atoms with Gasteiger partial charge >= 0.3 is 0 Å². The Hall–Kier alpha value is -1.82. The molecule has 2 nitrogen and oxygen atoms in total. The van der Waals surface area contributed by atoms with Gasteiger partial charge in [-0.1, -0.05) is 13.3 Å². The van der Waals surface area contributed by atoms with Crippen LogP contribution in [0.15, 0.2) is 23.8 Å². The zero-order valence-corrected chi connectivity index (χ0v) is 9.55. The van der Waals surface area contributed by atoms with Crippen LogP contribution in [-0.4, -0.2) is 0 Å². The van der Waals surface area contributed by atoms with E-state index in [1.165, 1.54) is 12.1 Å². The molecule has 1 rings (SSSR count). The maximum atomic E-state index is 13.2. The molecule has 0 heterocycles. The van der Waals surface area contributed by atoms with E-state index < -0.39 is 0 Å². The fourth-order valence-corrected chi connectivity index (χ4v) is 1.57. The van der Waals surface area contributed by atoms with Crippen LogP contribution in [0.3, 0.4) is 0 Å². The minimum atomic E-state index is -0.327. The molecule has 0 radical (unpaired) electrons. The van der Waals surface area contributed by atoms with E-state index >= 15 is 0 Å². The normalized spacial score (nSPS) is 11.9. The predicted octanol–water partition coefficient (Wildman–Crippen LogP) is 3.13. The van der Waals surface area contributed by atoms with E-state index in [0.717, 1.165) is 12.0 Å². The Bertz CT molecular complexity index is 435. The molecule has 0 fully saturated rings. The van der Waals surface area contributed by atoms with E-state index in [2.05, 4.69) is 6.07 Å². The monoisotopic (exact) mass is 218 g/mol. The molecule has 0 aromatic heterocycles. The Kier molecular flexibility index (Phi) is 4.07. The van der Waals surface area contributed by atoms with Gasteiger partial charge in [0.15, 0.2) is 0 Å². The summed E-state index contributed by atoms with van der Waals surface area (Å²) in [5.74, 6) is -0.327. The number of nitriles is 1. The first-order chi connectivity index (χ1) is 7.58. The van der Waals surface area contributed by atoms with Crippen molar-refractivity contribution >= 4 is 5.70 Å². The van der Waals surface area contributed by atoms with Crippen molar-refractivity contribution in [2.24, 2.45) is 5.73 Å². The summed E-state index contributed by atoms with van der Waals surface area (Å²) in [5.41, 5.74) is 8.15. The molecule has 0 atom stereocenters. The minimum Gasteiger partial charge on any atom is -0.397 e. The van der Waals surface area contributed by atoms with E-state index in [4.69, 9.17) is 11.0 Å². The number of nitrogens with zero attached hydrogens (tertiary/aromatic N) is 1. The number of nitrogens with two attached hydrogens (primary N) is 1. The van der Waals surface area contributed by atoms with Gasteiger partial charge in [-0.2, -0.15) is 5.26 Å². The largest absolute Gasteiger partial charge is 0.397 e. The molecule has 0 unspecified atom stereocenters. The molecule has 0 amide bonds. The Labute approximate surface area is 95.2 Å². The highest BCUT2D eigenvalue weighted by atomic mass is 19.1. The second-order valence-electron chi connectivity index (χ2n) is 3.77. The van der Waals surface area contributed by atoms with E-state index in [1.54, 1.807) is 13.0 Å². The van der Waals surface area contributed by atoms with E-state index in [9.17, 15) is 4.39 Å². The smallest absolute Gasteiger partial charge is 0.124 e. The van der Waals surface area contributed by atoms with Crippen molar-refractivity contribution in [3.05, 3.63) is 40.7 Å². The molecule has 0 saturated heterocycles. The average molecular weight is 218 g/mol. The van der Waals surface area contributed by atoms with Crippen LogP contribution in [-0.2, 0) is 0 Å². The van der Waals surface area contributed by atoms with Crippen LogP contribution in [0, 0.1) is 24.1 Å². The molecule has 1 aromatic rings. The first kappa shape index (κ1) is 12.3. The molecule has 0 saturated carbocycles. The van der Waals surface area contributed by atoms with Gasteiger partial charge in [0.25, 0.3) is 0 Å². The van der Waals surface area contributed by atoms with Crippen molar-refractivity contribution in [3.63, 3.8) is 0 Å². The van der Waals surface area contributed by atoms with E-state index in [-0.39, 0.29) is 5.82 Å². The maximum absolute atomic E-state index is 13.2. The second kappa shape index (κ2) is 5.32. The number of allylic oxidation sites excluding steroid dienone is 1. The van der Waals surface area contributed by atoms with Gasteiger partial charge in [-0.3, -0.25) is 0 Å². The summed E-state index contributed by atoms with van der Waals surface area (Å²) in [6.07, 6.45) is 1.47. The molecular weight excluding hydrogens is 203 g/mol. The van der Waals surface area contributed by atoms with Gasteiger partial charge in [-0.25, -0.2) is 4.39 Å². The highest BCUT2D eigenvalue weighted by molar-refractivity contribution is 5.69. The average Bonchev–Trinajstić information content (AvgIpc) is 2.23. The van der Waals surface area contributed by atoms with Gasteiger partial charge in [0.1, 0.15) is 5.82 Å². The highest BCUT2D eigenvalue weighted by Gasteiger charge is 2.06. The second-order valence-corrected chi connectivity index (χ2v) is 3.77. The number of hydrogen-bond acceptors (Lipinski definition) is 2. The van der Waals surface area contributed by atoms with Crippen LogP contribution in [0.25, 0.3) is 5.70 Å². The van der Waals surface area contributed by atoms with Crippen LogP contribution in [0.2, 0.25) is 0 Å².